The van der Waals surface area contributed by atoms with E-state index < -0.39 is 17.9 Å². The molecule has 43 heavy (non-hydrogen) atoms. The molecule has 0 bridgehead atoms. The summed E-state index contributed by atoms with van der Waals surface area (Å²) < 4.78 is 11.9. The van der Waals surface area contributed by atoms with E-state index in [1.807, 2.05) is 91.9 Å². The van der Waals surface area contributed by atoms with Crippen LogP contribution < -0.4 is 9.64 Å². The highest BCUT2D eigenvalue weighted by atomic mass is 16.5. The number of anilines is 1. The van der Waals surface area contributed by atoms with Crippen LogP contribution in [0.2, 0.25) is 0 Å². The van der Waals surface area contributed by atoms with Crippen LogP contribution in [0.5, 0.6) is 5.75 Å². The van der Waals surface area contributed by atoms with E-state index in [9.17, 15) is 9.59 Å². The minimum absolute atomic E-state index is 0.00975. The van der Waals surface area contributed by atoms with Crippen molar-refractivity contribution in [1.82, 2.24) is 9.78 Å². The Kier molecular flexibility index (Phi) is 7.34. The Morgan fingerprint density at radius 2 is 1.37 bits per heavy atom. The molecule has 0 aliphatic carbocycles. The highest BCUT2D eigenvalue weighted by Crippen LogP contribution is 2.43. The first-order chi connectivity index (χ1) is 20.9. The van der Waals surface area contributed by atoms with Gasteiger partial charge in [-0.1, -0.05) is 78.4 Å². The number of carbonyl (C=O) groups excluding carboxylic acids is 3. The summed E-state index contributed by atoms with van der Waals surface area (Å²) in [6.07, 6.45) is 0. The van der Waals surface area contributed by atoms with E-state index in [1.165, 1.54) is 16.7 Å². The Hall–Kier alpha value is -5.50. The second kappa shape index (κ2) is 11.4. The van der Waals surface area contributed by atoms with Crippen molar-refractivity contribution in [3.63, 3.8) is 0 Å². The summed E-state index contributed by atoms with van der Waals surface area (Å²) in [6, 6.07) is 32.0. The van der Waals surface area contributed by atoms with Gasteiger partial charge in [-0.05, 0) is 54.4 Å². The Morgan fingerprint density at radius 1 is 0.767 bits per heavy atom. The Bertz CT molecular complexity index is 1800. The van der Waals surface area contributed by atoms with Gasteiger partial charge in [0.2, 0.25) is 11.7 Å². The number of aromatic nitrogens is 2. The standard InChI is InChI=1S/C35H29N3O5/c1-22-14-16-26(17-15-22)38-32(28(23-10-6-4-7-11-23)30(36-38)35(41)43-3)33(39)31-29(24-12-8-5-9-13-24)34(40)37(31)25-18-20-27(42-2)21-19-25/h4-21,29,31H,1-3H3/t29-,31-/m1/s1. The summed E-state index contributed by atoms with van der Waals surface area (Å²) in [6.45, 7) is 1.96. The molecule has 1 aliphatic heterocycles. The van der Waals surface area contributed by atoms with Crippen molar-refractivity contribution in [2.75, 3.05) is 19.1 Å². The normalized spacial score (nSPS) is 16.0. The first-order valence-electron chi connectivity index (χ1n) is 13.8. The zero-order valence-corrected chi connectivity index (χ0v) is 23.9. The van der Waals surface area contributed by atoms with Crippen molar-refractivity contribution in [3.05, 3.63) is 132 Å². The zero-order chi connectivity index (χ0) is 30.1. The lowest BCUT2D eigenvalue weighted by molar-refractivity contribution is -0.125. The van der Waals surface area contributed by atoms with E-state index >= 15 is 4.79 Å². The van der Waals surface area contributed by atoms with Gasteiger partial charge in [-0.3, -0.25) is 14.5 Å². The minimum atomic E-state index is -0.905. The van der Waals surface area contributed by atoms with Crippen LogP contribution in [0.3, 0.4) is 0 Å². The number of hydrogen-bond donors (Lipinski definition) is 0. The van der Waals surface area contributed by atoms with E-state index in [1.54, 1.807) is 31.4 Å². The lowest BCUT2D eigenvalue weighted by Crippen LogP contribution is -2.63. The summed E-state index contributed by atoms with van der Waals surface area (Å²) in [5, 5.41) is 4.66. The number of methoxy groups -OCH3 is 2. The van der Waals surface area contributed by atoms with Crippen molar-refractivity contribution >= 4 is 23.3 Å². The molecule has 1 amide bonds. The lowest BCUT2D eigenvalue weighted by Gasteiger charge is -2.46. The number of carbonyl (C=O) groups is 3. The Labute approximate surface area is 249 Å². The first-order valence-corrected chi connectivity index (χ1v) is 13.8. The van der Waals surface area contributed by atoms with Crippen LogP contribution in [0, 0.1) is 6.92 Å². The maximum absolute atomic E-state index is 15.0. The largest absolute Gasteiger partial charge is 0.497 e. The molecule has 0 radical (unpaired) electrons. The van der Waals surface area contributed by atoms with Gasteiger partial charge < -0.3 is 9.47 Å². The number of aryl methyl sites for hydroxylation is 1. The summed E-state index contributed by atoms with van der Waals surface area (Å²) in [5.41, 5.74) is 4.09. The van der Waals surface area contributed by atoms with Gasteiger partial charge in [-0.25, -0.2) is 9.48 Å². The molecular weight excluding hydrogens is 542 g/mol. The van der Waals surface area contributed by atoms with Gasteiger partial charge in [-0.15, -0.1) is 0 Å². The van der Waals surface area contributed by atoms with Crippen LogP contribution in [-0.2, 0) is 9.53 Å². The van der Waals surface area contributed by atoms with Gasteiger partial charge in [0, 0.05) is 11.3 Å². The average molecular weight is 572 g/mol. The van der Waals surface area contributed by atoms with Crippen LogP contribution in [0.4, 0.5) is 5.69 Å². The third kappa shape index (κ3) is 4.86. The van der Waals surface area contributed by atoms with E-state index in [0.29, 0.717) is 28.3 Å². The van der Waals surface area contributed by atoms with Crippen molar-refractivity contribution < 1.29 is 23.9 Å². The summed E-state index contributed by atoms with van der Waals surface area (Å²) in [4.78, 5) is 43.5. The molecular formula is C35H29N3O5. The van der Waals surface area contributed by atoms with E-state index in [0.717, 1.165) is 11.1 Å². The van der Waals surface area contributed by atoms with Gasteiger partial charge in [-0.2, -0.15) is 5.10 Å². The molecule has 0 N–H and O–H groups in total. The quantitative estimate of drug-likeness (QED) is 0.128. The topological polar surface area (TPSA) is 90.7 Å². The van der Waals surface area contributed by atoms with E-state index in [4.69, 9.17) is 9.47 Å². The molecule has 0 saturated carbocycles. The van der Waals surface area contributed by atoms with Gasteiger partial charge in [0.15, 0.2) is 5.69 Å². The lowest BCUT2D eigenvalue weighted by atomic mass is 9.77. The SMILES string of the molecule is COC(=O)c1nn(-c2ccc(C)cc2)c(C(=O)[C@H]2[C@@H](c3ccccc3)C(=O)N2c2ccc(OC)cc2)c1-c1ccccc1. The van der Waals surface area contributed by atoms with Crippen molar-refractivity contribution in [1.29, 1.82) is 0 Å². The predicted molar refractivity (Wildman–Crippen MR) is 163 cm³/mol. The smallest absolute Gasteiger partial charge is 0.359 e. The molecule has 2 atom stereocenters. The predicted octanol–water partition coefficient (Wildman–Crippen LogP) is 6.02. The number of ether oxygens (including phenoxy) is 2. The molecule has 6 rings (SSSR count). The molecule has 4 aromatic carbocycles. The van der Waals surface area contributed by atoms with Crippen LogP contribution >= 0.6 is 0 Å². The van der Waals surface area contributed by atoms with Crippen LogP contribution in [0.15, 0.2) is 109 Å². The minimum Gasteiger partial charge on any atom is -0.497 e. The molecule has 1 aliphatic rings. The molecule has 0 spiro atoms. The third-order valence-electron chi connectivity index (χ3n) is 7.71. The monoisotopic (exact) mass is 571 g/mol. The van der Waals surface area contributed by atoms with E-state index in [-0.39, 0.29) is 23.1 Å². The van der Waals surface area contributed by atoms with Crippen molar-refractivity contribution in [3.8, 4) is 22.6 Å². The van der Waals surface area contributed by atoms with Crippen LogP contribution in [0.1, 0.15) is 38.0 Å². The van der Waals surface area contributed by atoms with Gasteiger partial charge in [0.25, 0.3) is 0 Å². The summed E-state index contributed by atoms with van der Waals surface area (Å²) in [5.74, 6) is -1.33. The van der Waals surface area contributed by atoms with E-state index in [2.05, 4.69) is 5.10 Å². The molecule has 8 heteroatoms. The second-order valence-corrected chi connectivity index (χ2v) is 10.3. The number of hydrogen-bond acceptors (Lipinski definition) is 6. The molecule has 5 aromatic rings. The average Bonchev–Trinajstić information content (AvgIpc) is 3.45. The Morgan fingerprint density at radius 3 is 1.98 bits per heavy atom. The molecule has 0 unspecified atom stereocenters. The Balaban J connectivity index is 1.59. The molecule has 214 valence electrons. The van der Waals surface area contributed by atoms with Crippen molar-refractivity contribution in [2.24, 2.45) is 0 Å². The number of rotatable bonds is 8. The molecule has 2 heterocycles. The highest BCUT2D eigenvalue weighted by Gasteiger charge is 2.54. The number of benzene rings is 4. The zero-order valence-electron chi connectivity index (χ0n) is 23.9. The number of β-lactam (4-membered cyclic amide) rings is 1. The fourth-order valence-corrected chi connectivity index (χ4v) is 5.55. The number of nitrogens with zero attached hydrogens (tertiary/aromatic N) is 3. The molecule has 1 aromatic heterocycles. The fourth-order valence-electron chi connectivity index (χ4n) is 5.55. The van der Waals surface area contributed by atoms with Gasteiger partial charge >= 0.3 is 5.97 Å². The summed E-state index contributed by atoms with van der Waals surface area (Å²) in [7, 11) is 2.85. The number of esters is 1. The molecule has 8 nitrogen and oxygen atoms in total. The van der Waals surface area contributed by atoms with Crippen LogP contribution in [-0.4, -0.2) is 47.7 Å². The molecule has 1 fully saturated rings. The fraction of sp³-hybridized carbons (Fsp3) is 0.143. The highest BCUT2D eigenvalue weighted by molar-refractivity contribution is 6.21. The van der Waals surface area contributed by atoms with Crippen LogP contribution in [0.25, 0.3) is 16.8 Å². The maximum Gasteiger partial charge on any atom is 0.359 e. The summed E-state index contributed by atoms with van der Waals surface area (Å²) >= 11 is 0. The van der Waals surface area contributed by atoms with Gasteiger partial charge in [0.1, 0.15) is 17.5 Å². The number of Topliss-reactive ketones (excluding diaryl/α,β-unsaturated/α-hetero) is 1. The second-order valence-electron chi connectivity index (χ2n) is 10.3. The number of ketones is 1. The maximum atomic E-state index is 15.0. The first kappa shape index (κ1) is 27.7. The molecule has 1 saturated heterocycles. The van der Waals surface area contributed by atoms with Crippen molar-refractivity contribution in [2.45, 2.75) is 18.9 Å². The van der Waals surface area contributed by atoms with Gasteiger partial charge in [0.05, 0.1) is 25.8 Å². The third-order valence-corrected chi connectivity index (χ3v) is 7.71. The number of amides is 1.